The van der Waals surface area contributed by atoms with Gasteiger partial charge in [0, 0.05) is 37.6 Å². The fourth-order valence-electron chi connectivity index (χ4n) is 3.54. The van der Waals surface area contributed by atoms with E-state index >= 15 is 0 Å². The third-order valence-corrected chi connectivity index (χ3v) is 5.27. The van der Waals surface area contributed by atoms with Crippen molar-refractivity contribution in [2.75, 3.05) is 32.1 Å². The summed E-state index contributed by atoms with van der Waals surface area (Å²) in [6, 6.07) is 27.4. The molecule has 0 bridgehead atoms. The molecule has 6 nitrogen and oxygen atoms in total. The van der Waals surface area contributed by atoms with Gasteiger partial charge in [-0.2, -0.15) is 5.10 Å². The lowest BCUT2D eigenvalue weighted by atomic mass is 10.1. The van der Waals surface area contributed by atoms with Crippen molar-refractivity contribution in [2.45, 2.75) is 0 Å². The van der Waals surface area contributed by atoms with Crippen molar-refractivity contribution >= 4 is 11.6 Å². The highest BCUT2D eigenvalue weighted by atomic mass is 16.5. The number of rotatable bonds is 8. The number of benzene rings is 3. The minimum atomic E-state index is -0.172. The molecule has 32 heavy (non-hydrogen) atoms. The van der Waals surface area contributed by atoms with Crippen molar-refractivity contribution in [1.82, 2.24) is 15.1 Å². The molecule has 0 aliphatic carbocycles. The van der Waals surface area contributed by atoms with Crippen molar-refractivity contribution in [2.24, 2.45) is 0 Å². The van der Waals surface area contributed by atoms with Crippen LogP contribution in [0.25, 0.3) is 16.9 Å². The van der Waals surface area contributed by atoms with Crippen LogP contribution in [0.1, 0.15) is 10.4 Å². The first-order valence-electron chi connectivity index (χ1n) is 10.5. The van der Waals surface area contributed by atoms with Crippen LogP contribution in [-0.2, 0) is 0 Å². The molecule has 1 heterocycles. The van der Waals surface area contributed by atoms with E-state index < -0.39 is 0 Å². The molecule has 4 aromatic rings. The molecule has 1 N–H and O–H groups in total. The van der Waals surface area contributed by atoms with Gasteiger partial charge < -0.3 is 15.0 Å². The molecule has 1 amide bonds. The Hall–Kier alpha value is -4.06. The van der Waals surface area contributed by atoms with E-state index in [2.05, 4.69) is 10.2 Å². The molecule has 0 saturated carbocycles. The number of likely N-dealkylation sites (N-methyl/N-ethyl adjacent to an activating group) is 1. The molecular formula is C26H26N4O2. The Bertz CT molecular complexity index is 1170. The van der Waals surface area contributed by atoms with Crippen molar-refractivity contribution in [1.29, 1.82) is 0 Å². The van der Waals surface area contributed by atoms with Gasteiger partial charge in [-0.15, -0.1) is 0 Å². The van der Waals surface area contributed by atoms with E-state index in [1.54, 1.807) is 18.0 Å². The SMILES string of the molecule is COc1ccccc1-c1nn(-c2ccccc2)cc1C(=O)NCCN(C)c1ccccc1. The smallest absolute Gasteiger partial charge is 0.255 e. The number of carbonyl (C=O) groups is 1. The molecule has 4 rings (SSSR count). The molecule has 6 heteroatoms. The Labute approximate surface area is 188 Å². The third-order valence-electron chi connectivity index (χ3n) is 5.27. The molecule has 3 aromatic carbocycles. The van der Waals surface area contributed by atoms with Crippen LogP contribution >= 0.6 is 0 Å². The first kappa shape index (κ1) is 21.2. The number of hydrogen-bond acceptors (Lipinski definition) is 4. The summed E-state index contributed by atoms with van der Waals surface area (Å²) in [5.74, 6) is 0.498. The average molecular weight is 427 g/mol. The van der Waals surface area contributed by atoms with Crippen LogP contribution in [0.3, 0.4) is 0 Å². The third kappa shape index (κ3) is 4.64. The summed E-state index contributed by atoms with van der Waals surface area (Å²) in [4.78, 5) is 15.3. The zero-order valence-electron chi connectivity index (χ0n) is 18.2. The summed E-state index contributed by atoms with van der Waals surface area (Å²) in [6.45, 7) is 1.19. The molecule has 162 valence electrons. The van der Waals surface area contributed by atoms with E-state index in [0.717, 1.165) is 16.9 Å². The normalized spacial score (nSPS) is 10.6. The Balaban J connectivity index is 1.59. The summed E-state index contributed by atoms with van der Waals surface area (Å²) in [5, 5.41) is 7.77. The van der Waals surface area contributed by atoms with E-state index in [4.69, 9.17) is 9.84 Å². The number of amides is 1. The number of carbonyl (C=O) groups excluding carboxylic acids is 1. The first-order chi connectivity index (χ1) is 15.7. The highest BCUT2D eigenvalue weighted by molar-refractivity contribution is 6.00. The first-order valence-corrected chi connectivity index (χ1v) is 10.5. The second kappa shape index (κ2) is 9.83. The zero-order chi connectivity index (χ0) is 22.3. The summed E-state index contributed by atoms with van der Waals surface area (Å²) in [5.41, 5.74) is 3.84. The number of methoxy groups -OCH3 is 1. The number of nitrogens with zero attached hydrogens (tertiary/aromatic N) is 3. The van der Waals surface area contributed by atoms with E-state index in [9.17, 15) is 4.79 Å². The molecular weight excluding hydrogens is 400 g/mol. The fraction of sp³-hybridized carbons (Fsp3) is 0.154. The van der Waals surface area contributed by atoms with Crippen molar-refractivity contribution in [3.05, 3.63) is 96.7 Å². The van der Waals surface area contributed by atoms with Gasteiger partial charge >= 0.3 is 0 Å². The van der Waals surface area contributed by atoms with Gasteiger partial charge in [-0.05, 0) is 36.4 Å². The number of anilines is 1. The maximum Gasteiger partial charge on any atom is 0.255 e. The van der Waals surface area contributed by atoms with Gasteiger partial charge in [-0.25, -0.2) is 4.68 Å². The highest BCUT2D eigenvalue weighted by Gasteiger charge is 2.21. The lowest BCUT2D eigenvalue weighted by molar-refractivity contribution is 0.0955. The van der Waals surface area contributed by atoms with Crippen LogP contribution in [0, 0.1) is 0 Å². The molecule has 1 aromatic heterocycles. The van der Waals surface area contributed by atoms with E-state index in [0.29, 0.717) is 30.1 Å². The van der Waals surface area contributed by atoms with Gasteiger partial charge in [0.25, 0.3) is 5.91 Å². The van der Waals surface area contributed by atoms with E-state index in [1.807, 2.05) is 92.0 Å². The minimum Gasteiger partial charge on any atom is -0.496 e. The van der Waals surface area contributed by atoms with Gasteiger partial charge in [0.15, 0.2) is 0 Å². The predicted molar refractivity (Wildman–Crippen MR) is 128 cm³/mol. The number of nitrogens with one attached hydrogen (secondary N) is 1. The largest absolute Gasteiger partial charge is 0.496 e. The minimum absolute atomic E-state index is 0.172. The predicted octanol–water partition coefficient (Wildman–Crippen LogP) is 4.41. The Kier molecular flexibility index (Phi) is 6.51. The maximum absolute atomic E-state index is 13.2. The van der Waals surface area contributed by atoms with E-state index in [-0.39, 0.29) is 5.91 Å². The lowest BCUT2D eigenvalue weighted by Crippen LogP contribution is -2.33. The van der Waals surface area contributed by atoms with Crippen LogP contribution in [0.4, 0.5) is 5.69 Å². The molecule has 0 aliphatic rings. The zero-order valence-corrected chi connectivity index (χ0v) is 18.2. The van der Waals surface area contributed by atoms with Gasteiger partial charge in [0.1, 0.15) is 11.4 Å². The molecule has 0 fully saturated rings. The van der Waals surface area contributed by atoms with Gasteiger partial charge in [0.2, 0.25) is 0 Å². The molecule has 0 radical (unpaired) electrons. The van der Waals surface area contributed by atoms with Crippen LogP contribution in [0.15, 0.2) is 91.1 Å². The van der Waals surface area contributed by atoms with Crippen LogP contribution in [0.5, 0.6) is 5.75 Å². The lowest BCUT2D eigenvalue weighted by Gasteiger charge is -2.19. The standard InChI is InChI=1S/C26H26N4O2/c1-29(20-11-5-3-6-12-20)18-17-27-26(31)23-19-30(21-13-7-4-8-14-21)28-25(23)22-15-9-10-16-24(22)32-2/h3-16,19H,17-18H2,1-2H3,(H,27,31). The summed E-state index contributed by atoms with van der Waals surface area (Å²) in [6.07, 6.45) is 1.77. The number of hydrogen-bond donors (Lipinski definition) is 1. The van der Waals surface area contributed by atoms with Crippen LogP contribution in [-0.4, -0.2) is 42.9 Å². The Morgan fingerprint density at radius 1 is 0.969 bits per heavy atom. The van der Waals surface area contributed by atoms with Crippen molar-refractivity contribution in [3.8, 4) is 22.7 Å². The number of para-hydroxylation sites is 3. The molecule has 0 saturated heterocycles. The van der Waals surface area contributed by atoms with Crippen molar-refractivity contribution < 1.29 is 9.53 Å². The molecule has 0 aliphatic heterocycles. The number of ether oxygens (including phenoxy) is 1. The number of aromatic nitrogens is 2. The maximum atomic E-state index is 13.2. The van der Waals surface area contributed by atoms with Gasteiger partial charge in [-0.1, -0.05) is 48.5 Å². The summed E-state index contributed by atoms with van der Waals surface area (Å²) in [7, 11) is 3.63. The van der Waals surface area contributed by atoms with Gasteiger partial charge in [-0.3, -0.25) is 4.79 Å². The topological polar surface area (TPSA) is 59.4 Å². The molecule has 0 spiro atoms. The monoisotopic (exact) mass is 426 g/mol. The van der Waals surface area contributed by atoms with Gasteiger partial charge in [0.05, 0.1) is 18.4 Å². The fourth-order valence-corrected chi connectivity index (χ4v) is 3.54. The van der Waals surface area contributed by atoms with Crippen LogP contribution < -0.4 is 15.0 Å². The summed E-state index contributed by atoms with van der Waals surface area (Å²) >= 11 is 0. The Morgan fingerprint density at radius 3 is 2.34 bits per heavy atom. The highest BCUT2D eigenvalue weighted by Crippen LogP contribution is 2.31. The summed E-state index contributed by atoms with van der Waals surface area (Å²) < 4.78 is 7.25. The second-order valence-electron chi connectivity index (χ2n) is 7.38. The molecule has 0 unspecified atom stereocenters. The Morgan fingerprint density at radius 2 is 1.62 bits per heavy atom. The van der Waals surface area contributed by atoms with Crippen LogP contribution in [0.2, 0.25) is 0 Å². The second-order valence-corrected chi connectivity index (χ2v) is 7.38. The molecule has 0 atom stereocenters. The van der Waals surface area contributed by atoms with E-state index in [1.165, 1.54) is 0 Å². The van der Waals surface area contributed by atoms with Crippen molar-refractivity contribution in [3.63, 3.8) is 0 Å². The quantitative estimate of drug-likeness (QED) is 0.453. The average Bonchev–Trinajstić information content (AvgIpc) is 3.30.